The van der Waals surface area contributed by atoms with E-state index in [-0.39, 0.29) is 0 Å². The Bertz CT molecular complexity index is 226. The molecule has 0 saturated heterocycles. The molecule has 6 heteroatoms. The van der Waals surface area contributed by atoms with Crippen molar-refractivity contribution in [2.45, 2.75) is 0 Å². The summed E-state index contributed by atoms with van der Waals surface area (Å²) in [4.78, 5) is 22.1. The number of carbonyl (C=O) groups is 2. The van der Waals surface area contributed by atoms with E-state index in [1.165, 1.54) is 0 Å². The van der Waals surface area contributed by atoms with E-state index in [9.17, 15) is 9.59 Å². The first kappa shape index (κ1) is 8.19. The maximum atomic E-state index is 10.2. The third-order valence-corrected chi connectivity index (χ3v) is 0.512. The lowest BCUT2D eigenvalue weighted by atomic mass is 10.5. The van der Waals surface area contributed by atoms with E-state index >= 15 is 0 Å². The third-order valence-electron chi connectivity index (χ3n) is 0.512. The van der Waals surface area contributed by atoms with Crippen LogP contribution >= 0.6 is 0 Å². The Morgan fingerprint density at radius 1 is 1.50 bits per heavy atom. The Labute approximate surface area is 55.4 Å². The summed E-state index contributed by atoms with van der Waals surface area (Å²) in [5, 5.41) is 10.5. The van der Waals surface area contributed by atoms with Gasteiger partial charge in [0, 0.05) is 11.0 Å². The summed E-state index contributed by atoms with van der Waals surface area (Å²) in [7, 11) is 0. The van der Waals surface area contributed by atoms with Gasteiger partial charge in [-0.05, 0) is 16.7 Å². The van der Waals surface area contributed by atoms with Gasteiger partial charge in [0.25, 0.3) is 0 Å². The lowest BCUT2D eigenvalue weighted by Gasteiger charge is -1.75. The van der Waals surface area contributed by atoms with Crippen LogP contribution in [0, 0.1) is 0 Å². The molecule has 6 nitrogen and oxygen atoms in total. The van der Waals surface area contributed by atoms with Crippen LogP contribution in [0.25, 0.3) is 10.4 Å². The number of nitrogens with zero attached hydrogens (tertiary/aromatic N) is 3. The first-order valence-electron chi connectivity index (χ1n) is 2.17. The van der Waals surface area contributed by atoms with Crippen molar-refractivity contribution in [3.8, 4) is 0 Å². The van der Waals surface area contributed by atoms with Crippen LogP contribution in [0.5, 0.6) is 0 Å². The van der Waals surface area contributed by atoms with Crippen molar-refractivity contribution in [2.24, 2.45) is 5.11 Å². The molecule has 0 rings (SSSR count). The largest absolute Gasteiger partial charge is 0.478 e. The predicted octanol–water partition coefficient (Wildman–Crippen LogP) is 0.464. The molecule has 0 unspecified atom stereocenters. The second kappa shape index (κ2) is 4.11. The fraction of sp³-hybridized carbons (Fsp3) is 0. The zero-order valence-corrected chi connectivity index (χ0v) is 4.76. The van der Waals surface area contributed by atoms with Gasteiger partial charge < -0.3 is 5.11 Å². The van der Waals surface area contributed by atoms with E-state index in [0.717, 1.165) is 0 Å². The average molecular weight is 141 g/mol. The molecule has 0 bridgehead atoms. The minimum absolute atomic E-state index is 0.594. The summed E-state index contributed by atoms with van der Waals surface area (Å²) in [5.74, 6) is -2.19. The smallest absolute Gasteiger partial charge is 0.328 e. The molecular formula is C4H3N3O3. The van der Waals surface area contributed by atoms with Crippen LogP contribution in [0.1, 0.15) is 0 Å². The number of hydrogen-bond acceptors (Lipinski definition) is 2. The zero-order valence-electron chi connectivity index (χ0n) is 4.76. The van der Waals surface area contributed by atoms with Gasteiger partial charge in [-0.2, -0.15) is 0 Å². The van der Waals surface area contributed by atoms with Crippen molar-refractivity contribution in [3.63, 3.8) is 0 Å². The van der Waals surface area contributed by atoms with Crippen LogP contribution < -0.4 is 0 Å². The molecule has 52 valence electrons. The Kier molecular flexibility index (Phi) is 3.36. The lowest BCUT2D eigenvalue weighted by molar-refractivity contribution is -0.131. The first-order valence-corrected chi connectivity index (χ1v) is 2.17. The molecule has 0 fully saturated rings. The molecule has 1 N–H and O–H groups in total. The second-order valence-electron chi connectivity index (χ2n) is 1.20. The number of carboxylic acid groups (broad SMARTS) is 1. The number of carboxylic acids is 1. The van der Waals surface area contributed by atoms with Gasteiger partial charge >= 0.3 is 5.97 Å². The highest BCUT2D eigenvalue weighted by molar-refractivity contribution is 5.94. The van der Waals surface area contributed by atoms with E-state index in [2.05, 4.69) is 10.0 Å². The Morgan fingerprint density at radius 2 is 2.10 bits per heavy atom. The van der Waals surface area contributed by atoms with Crippen LogP contribution in [-0.4, -0.2) is 17.0 Å². The number of rotatable bonds is 2. The summed E-state index contributed by atoms with van der Waals surface area (Å²) >= 11 is 0. The quantitative estimate of drug-likeness (QED) is 0.261. The van der Waals surface area contributed by atoms with Crippen molar-refractivity contribution in [1.82, 2.24) is 0 Å². The summed E-state index contributed by atoms with van der Waals surface area (Å²) < 4.78 is 0. The number of hydrogen-bond donors (Lipinski definition) is 1. The summed E-state index contributed by atoms with van der Waals surface area (Å²) in [6.45, 7) is 0. The number of amides is 1. The summed E-state index contributed by atoms with van der Waals surface area (Å²) in [6, 6.07) is 0. The molecule has 0 radical (unpaired) electrons. The number of carbonyl (C=O) groups excluding carboxylic acids is 1. The van der Waals surface area contributed by atoms with Gasteiger partial charge in [-0.25, -0.2) is 4.79 Å². The maximum Gasteiger partial charge on any atom is 0.328 e. The highest BCUT2D eigenvalue weighted by atomic mass is 16.4. The normalized spacial score (nSPS) is 8.80. The first-order chi connectivity index (χ1) is 4.66. The molecule has 0 atom stereocenters. The average Bonchev–Trinajstić information content (AvgIpc) is 1.85. The summed E-state index contributed by atoms with van der Waals surface area (Å²) in [5.41, 5.74) is 7.66. The lowest BCUT2D eigenvalue weighted by Crippen LogP contribution is -1.90. The van der Waals surface area contributed by atoms with Gasteiger partial charge in [-0.3, -0.25) is 4.79 Å². The minimum Gasteiger partial charge on any atom is -0.478 e. The van der Waals surface area contributed by atoms with Crippen molar-refractivity contribution in [3.05, 3.63) is 22.6 Å². The fourth-order valence-corrected chi connectivity index (χ4v) is 0.220. The molecule has 0 aromatic heterocycles. The predicted molar refractivity (Wildman–Crippen MR) is 30.9 cm³/mol. The Morgan fingerprint density at radius 3 is 2.50 bits per heavy atom. The van der Waals surface area contributed by atoms with E-state index in [4.69, 9.17) is 10.6 Å². The van der Waals surface area contributed by atoms with Gasteiger partial charge in [0.15, 0.2) is 0 Å². The Balaban J connectivity index is 4.02. The molecular weight excluding hydrogens is 138 g/mol. The van der Waals surface area contributed by atoms with E-state index < -0.39 is 11.9 Å². The molecule has 0 heterocycles. The molecule has 0 aliphatic rings. The molecule has 0 aliphatic carbocycles. The molecule has 0 spiro atoms. The van der Waals surface area contributed by atoms with Crippen molar-refractivity contribution >= 4 is 11.9 Å². The molecule has 1 amide bonds. The maximum absolute atomic E-state index is 10.2. The van der Waals surface area contributed by atoms with Crippen molar-refractivity contribution in [2.75, 3.05) is 0 Å². The standard InChI is InChI=1S/C4H3N3O3/c5-7-6-3(8)1-2-4(9)10/h1-2H,(H,9,10). The zero-order chi connectivity index (χ0) is 7.98. The fourth-order valence-electron chi connectivity index (χ4n) is 0.220. The van der Waals surface area contributed by atoms with Gasteiger partial charge in [0.05, 0.1) is 0 Å². The molecule has 0 aromatic rings. The van der Waals surface area contributed by atoms with Gasteiger partial charge in [-0.1, -0.05) is 0 Å². The van der Waals surface area contributed by atoms with Crippen molar-refractivity contribution in [1.29, 1.82) is 0 Å². The van der Waals surface area contributed by atoms with Crippen molar-refractivity contribution < 1.29 is 14.7 Å². The highest BCUT2D eigenvalue weighted by Crippen LogP contribution is 1.79. The van der Waals surface area contributed by atoms with Crippen LogP contribution in [0.4, 0.5) is 0 Å². The summed E-state index contributed by atoms with van der Waals surface area (Å²) in [6.07, 6.45) is 1.26. The molecule has 0 aromatic carbocycles. The monoisotopic (exact) mass is 141 g/mol. The van der Waals surface area contributed by atoms with Crippen LogP contribution in [-0.2, 0) is 9.59 Å². The second-order valence-corrected chi connectivity index (χ2v) is 1.20. The number of azide groups is 1. The van der Waals surface area contributed by atoms with Gasteiger partial charge in [0.1, 0.15) is 0 Å². The van der Waals surface area contributed by atoms with Crippen LogP contribution in [0.2, 0.25) is 0 Å². The van der Waals surface area contributed by atoms with Crippen LogP contribution in [0.15, 0.2) is 17.3 Å². The van der Waals surface area contributed by atoms with E-state index in [0.29, 0.717) is 12.2 Å². The SMILES string of the molecule is [N-]=[N+]=NC(=O)C=CC(=O)O. The molecule has 10 heavy (non-hydrogen) atoms. The van der Waals surface area contributed by atoms with Gasteiger partial charge in [0.2, 0.25) is 5.91 Å². The third kappa shape index (κ3) is 4.35. The number of aliphatic carboxylic acids is 1. The molecule has 0 aliphatic heterocycles. The Hall–Kier alpha value is -1.81. The molecule has 0 saturated carbocycles. The topological polar surface area (TPSA) is 103 Å². The van der Waals surface area contributed by atoms with E-state index in [1.54, 1.807) is 0 Å². The van der Waals surface area contributed by atoms with Gasteiger partial charge in [-0.15, -0.1) is 0 Å². The highest BCUT2D eigenvalue weighted by Gasteiger charge is 1.90. The minimum atomic E-state index is -1.26. The van der Waals surface area contributed by atoms with E-state index in [1.807, 2.05) is 0 Å². The van der Waals surface area contributed by atoms with Crippen LogP contribution in [0.3, 0.4) is 0 Å².